The van der Waals surface area contributed by atoms with Crippen LogP contribution in [0, 0.1) is 19.7 Å². The molecule has 0 radical (unpaired) electrons. The highest BCUT2D eigenvalue weighted by Gasteiger charge is 2.40. The molecule has 6 nitrogen and oxygen atoms in total. The van der Waals surface area contributed by atoms with E-state index in [2.05, 4.69) is 10.4 Å². The molecule has 0 spiro atoms. The van der Waals surface area contributed by atoms with Crippen molar-refractivity contribution >= 4 is 5.91 Å². The molecule has 1 aromatic carbocycles. The van der Waals surface area contributed by atoms with E-state index in [0.717, 1.165) is 17.0 Å². The Bertz CT molecular complexity index is 805. The first-order valence-electron chi connectivity index (χ1n) is 8.76. The zero-order valence-corrected chi connectivity index (χ0v) is 15.6. The van der Waals surface area contributed by atoms with Crippen molar-refractivity contribution in [2.75, 3.05) is 20.2 Å². The Morgan fingerprint density at radius 3 is 2.69 bits per heavy atom. The van der Waals surface area contributed by atoms with Gasteiger partial charge in [-0.2, -0.15) is 5.10 Å². The molecule has 1 aliphatic rings. The maximum absolute atomic E-state index is 13.6. The molecule has 1 amide bonds. The molecule has 1 fully saturated rings. The van der Waals surface area contributed by atoms with Crippen LogP contribution >= 0.6 is 0 Å². The van der Waals surface area contributed by atoms with E-state index in [1.807, 2.05) is 32.6 Å². The molecular weight excluding hydrogens is 335 g/mol. The molecule has 140 valence electrons. The SMILES string of the molecule is Cc1nn(C)c(C)c1[C@H]1[C@H](NCCOc2ccccc2F)CC(=O)N1C. The van der Waals surface area contributed by atoms with Crippen LogP contribution in [0.2, 0.25) is 0 Å². The highest BCUT2D eigenvalue weighted by atomic mass is 19.1. The van der Waals surface area contributed by atoms with Gasteiger partial charge in [0.05, 0.1) is 11.7 Å². The molecule has 1 saturated heterocycles. The fraction of sp³-hybridized carbons (Fsp3) is 0.474. The molecule has 0 aliphatic carbocycles. The maximum atomic E-state index is 13.6. The van der Waals surface area contributed by atoms with Crippen LogP contribution in [0.4, 0.5) is 4.39 Å². The van der Waals surface area contributed by atoms with Crippen molar-refractivity contribution in [1.82, 2.24) is 20.0 Å². The molecule has 3 rings (SSSR count). The monoisotopic (exact) mass is 360 g/mol. The first kappa shape index (κ1) is 18.4. The minimum Gasteiger partial charge on any atom is -0.489 e. The summed E-state index contributed by atoms with van der Waals surface area (Å²) in [5.41, 5.74) is 3.09. The predicted octanol–water partition coefficient (Wildman–Crippen LogP) is 2.12. The highest BCUT2D eigenvalue weighted by Crippen LogP contribution is 2.35. The van der Waals surface area contributed by atoms with Gasteiger partial charge in [-0.1, -0.05) is 12.1 Å². The van der Waals surface area contributed by atoms with Gasteiger partial charge in [-0.05, 0) is 26.0 Å². The Labute approximate surface area is 152 Å². The Morgan fingerprint density at radius 2 is 2.04 bits per heavy atom. The quantitative estimate of drug-likeness (QED) is 0.802. The predicted molar refractivity (Wildman–Crippen MR) is 96.5 cm³/mol. The van der Waals surface area contributed by atoms with E-state index in [0.29, 0.717) is 19.6 Å². The fourth-order valence-electron chi connectivity index (χ4n) is 3.63. The number of amides is 1. The van der Waals surface area contributed by atoms with Crippen molar-refractivity contribution in [2.45, 2.75) is 32.4 Å². The molecule has 26 heavy (non-hydrogen) atoms. The molecule has 1 aliphatic heterocycles. The first-order chi connectivity index (χ1) is 12.4. The number of nitrogens with zero attached hydrogens (tertiary/aromatic N) is 3. The molecule has 0 unspecified atom stereocenters. The molecule has 1 N–H and O–H groups in total. The van der Waals surface area contributed by atoms with Crippen LogP contribution in [0.25, 0.3) is 0 Å². The smallest absolute Gasteiger partial charge is 0.224 e. The van der Waals surface area contributed by atoms with Crippen molar-refractivity contribution in [3.63, 3.8) is 0 Å². The van der Waals surface area contributed by atoms with E-state index < -0.39 is 0 Å². The fourth-order valence-corrected chi connectivity index (χ4v) is 3.63. The van der Waals surface area contributed by atoms with Gasteiger partial charge in [0.2, 0.25) is 5.91 Å². The molecule has 1 aromatic heterocycles. The van der Waals surface area contributed by atoms with Crippen molar-refractivity contribution in [2.24, 2.45) is 7.05 Å². The largest absolute Gasteiger partial charge is 0.489 e. The van der Waals surface area contributed by atoms with E-state index in [9.17, 15) is 9.18 Å². The van der Waals surface area contributed by atoms with Gasteiger partial charge in [0, 0.05) is 44.4 Å². The van der Waals surface area contributed by atoms with Crippen molar-refractivity contribution < 1.29 is 13.9 Å². The van der Waals surface area contributed by atoms with Crippen LogP contribution in [0.15, 0.2) is 24.3 Å². The van der Waals surface area contributed by atoms with Crippen molar-refractivity contribution in [3.8, 4) is 5.75 Å². The third-order valence-electron chi connectivity index (χ3n) is 5.05. The van der Waals surface area contributed by atoms with E-state index in [1.54, 1.807) is 23.1 Å². The lowest BCUT2D eigenvalue weighted by molar-refractivity contribution is -0.127. The van der Waals surface area contributed by atoms with Crippen molar-refractivity contribution in [1.29, 1.82) is 0 Å². The second-order valence-electron chi connectivity index (χ2n) is 6.70. The van der Waals surface area contributed by atoms with Crippen molar-refractivity contribution in [3.05, 3.63) is 47.0 Å². The zero-order chi connectivity index (χ0) is 18.8. The summed E-state index contributed by atoms with van der Waals surface area (Å²) in [7, 11) is 3.74. The Morgan fingerprint density at radius 1 is 1.31 bits per heavy atom. The summed E-state index contributed by atoms with van der Waals surface area (Å²) in [6.07, 6.45) is 0.425. The van der Waals surface area contributed by atoms with Gasteiger partial charge in [-0.15, -0.1) is 0 Å². The third-order valence-corrected chi connectivity index (χ3v) is 5.05. The number of likely N-dealkylation sites (tertiary alicyclic amines) is 1. The molecule has 7 heteroatoms. The maximum Gasteiger partial charge on any atom is 0.224 e. The Hall–Kier alpha value is -2.41. The van der Waals surface area contributed by atoms with Gasteiger partial charge in [-0.25, -0.2) is 4.39 Å². The van der Waals surface area contributed by atoms with Crippen LogP contribution in [0.3, 0.4) is 0 Å². The number of carbonyl (C=O) groups is 1. The number of ether oxygens (including phenoxy) is 1. The average molecular weight is 360 g/mol. The lowest BCUT2D eigenvalue weighted by Crippen LogP contribution is -2.37. The molecular formula is C19H25FN4O2. The Balaban J connectivity index is 1.66. The topological polar surface area (TPSA) is 59.4 Å². The van der Waals surface area contributed by atoms with E-state index in [-0.39, 0.29) is 29.6 Å². The number of benzene rings is 1. The highest BCUT2D eigenvalue weighted by molar-refractivity contribution is 5.80. The summed E-state index contributed by atoms with van der Waals surface area (Å²) in [5, 5.41) is 7.88. The lowest BCUT2D eigenvalue weighted by Gasteiger charge is -2.26. The van der Waals surface area contributed by atoms with Crippen LogP contribution in [-0.2, 0) is 11.8 Å². The van der Waals surface area contributed by atoms with Gasteiger partial charge >= 0.3 is 0 Å². The third kappa shape index (κ3) is 3.44. The van der Waals surface area contributed by atoms with Crippen LogP contribution in [0.1, 0.15) is 29.4 Å². The number of aromatic nitrogens is 2. The standard InChI is InChI=1S/C19H25FN4O2/c1-12-18(13(2)24(4)22-12)19-15(11-17(25)23(19)3)21-9-10-26-16-8-6-5-7-14(16)20/h5-8,15,19,21H,9-11H2,1-4H3/t15-,19-/m1/s1. The minimum atomic E-state index is -0.372. The van der Waals surface area contributed by atoms with Crippen LogP contribution in [-0.4, -0.2) is 46.8 Å². The number of nitrogens with one attached hydrogen (secondary N) is 1. The summed E-state index contributed by atoms with van der Waals surface area (Å²) in [6, 6.07) is 6.25. The number of likely N-dealkylation sites (N-methyl/N-ethyl adjacent to an activating group) is 1. The van der Waals surface area contributed by atoms with Crippen LogP contribution < -0.4 is 10.1 Å². The summed E-state index contributed by atoms with van der Waals surface area (Å²) in [6.45, 7) is 4.84. The molecule has 0 saturated carbocycles. The van der Waals surface area contributed by atoms with Crippen LogP contribution in [0.5, 0.6) is 5.75 Å². The van der Waals surface area contributed by atoms with Gasteiger partial charge in [0.25, 0.3) is 0 Å². The first-order valence-corrected chi connectivity index (χ1v) is 8.76. The Kier molecular flexibility index (Phi) is 5.27. The summed E-state index contributed by atoms with van der Waals surface area (Å²) >= 11 is 0. The summed E-state index contributed by atoms with van der Waals surface area (Å²) < 4.78 is 20.9. The molecule has 0 bridgehead atoms. The number of rotatable bonds is 6. The van der Waals surface area contributed by atoms with Gasteiger partial charge < -0.3 is 15.0 Å². The number of aryl methyl sites for hydroxylation is 2. The number of halogens is 1. The lowest BCUT2D eigenvalue weighted by atomic mass is 9.98. The number of para-hydroxylation sites is 1. The second-order valence-corrected chi connectivity index (χ2v) is 6.70. The van der Waals surface area contributed by atoms with Gasteiger partial charge in [0.15, 0.2) is 11.6 Å². The minimum absolute atomic E-state index is 0.0293. The van der Waals surface area contributed by atoms with E-state index in [1.165, 1.54) is 6.07 Å². The molecule has 2 aromatic rings. The normalized spacial score (nSPS) is 20.0. The number of hydrogen-bond acceptors (Lipinski definition) is 4. The molecule has 2 atom stereocenters. The van der Waals surface area contributed by atoms with Gasteiger partial charge in [-0.3, -0.25) is 9.48 Å². The average Bonchev–Trinajstić information content (AvgIpc) is 3.01. The summed E-state index contributed by atoms with van der Waals surface area (Å²) in [4.78, 5) is 14.1. The zero-order valence-electron chi connectivity index (χ0n) is 15.6. The van der Waals surface area contributed by atoms with E-state index in [4.69, 9.17) is 4.74 Å². The molecule has 2 heterocycles. The number of carbonyl (C=O) groups excluding carboxylic acids is 1. The summed E-state index contributed by atoms with van der Waals surface area (Å²) in [5.74, 6) is -0.0302. The number of hydrogen-bond donors (Lipinski definition) is 1. The van der Waals surface area contributed by atoms with Gasteiger partial charge in [0.1, 0.15) is 6.61 Å². The van der Waals surface area contributed by atoms with E-state index >= 15 is 0 Å². The second kappa shape index (κ2) is 7.45.